The summed E-state index contributed by atoms with van der Waals surface area (Å²) < 4.78 is 2.00. The van der Waals surface area contributed by atoms with Crippen molar-refractivity contribution in [1.82, 2.24) is 19.5 Å². The minimum absolute atomic E-state index is 0.483. The summed E-state index contributed by atoms with van der Waals surface area (Å²) in [6.45, 7) is 6.00. The maximum atomic E-state index is 5.57. The topological polar surface area (TPSA) is 81.7 Å². The Morgan fingerprint density at radius 1 is 1.26 bits per heavy atom. The molecular weight excluding hydrogens is 240 g/mol. The van der Waals surface area contributed by atoms with E-state index in [1.807, 2.05) is 25.3 Å². The zero-order chi connectivity index (χ0) is 13.6. The highest BCUT2D eigenvalue weighted by atomic mass is 15.3. The molecule has 0 aliphatic heterocycles. The first-order valence-electron chi connectivity index (χ1n) is 6.48. The average Bonchev–Trinajstić information content (AvgIpc) is 3.19. The SMILES string of the molecule is Cc1ncn(-c2nc(C3CC3)nc(NN)c2C)c1C. The Labute approximate surface area is 112 Å². The number of anilines is 1. The van der Waals surface area contributed by atoms with Crippen LogP contribution in [0.4, 0.5) is 5.82 Å². The number of nitrogens with two attached hydrogens (primary N) is 1. The van der Waals surface area contributed by atoms with Gasteiger partial charge in [-0.3, -0.25) is 4.57 Å². The predicted molar refractivity (Wildman–Crippen MR) is 73.2 cm³/mol. The first-order chi connectivity index (χ1) is 9.11. The van der Waals surface area contributed by atoms with E-state index in [1.54, 1.807) is 6.33 Å². The molecule has 100 valence electrons. The molecule has 0 radical (unpaired) electrons. The van der Waals surface area contributed by atoms with Gasteiger partial charge in [-0.05, 0) is 33.6 Å². The third-order valence-electron chi connectivity index (χ3n) is 3.70. The van der Waals surface area contributed by atoms with E-state index in [1.165, 1.54) is 0 Å². The Bertz CT molecular complexity index is 626. The van der Waals surface area contributed by atoms with Crippen molar-refractivity contribution in [3.05, 3.63) is 29.1 Å². The number of hydrazine groups is 1. The highest BCUT2D eigenvalue weighted by molar-refractivity contribution is 5.52. The summed E-state index contributed by atoms with van der Waals surface area (Å²) in [5.74, 6) is 8.48. The minimum atomic E-state index is 0.483. The second-order valence-electron chi connectivity index (χ2n) is 5.08. The first-order valence-corrected chi connectivity index (χ1v) is 6.48. The molecule has 2 aromatic heterocycles. The van der Waals surface area contributed by atoms with Gasteiger partial charge in [-0.1, -0.05) is 0 Å². The van der Waals surface area contributed by atoms with E-state index >= 15 is 0 Å². The normalized spacial score (nSPS) is 14.7. The van der Waals surface area contributed by atoms with Crippen LogP contribution in [0.2, 0.25) is 0 Å². The highest BCUT2D eigenvalue weighted by Gasteiger charge is 2.28. The molecule has 19 heavy (non-hydrogen) atoms. The van der Waals surface area contributed by atoms with Crippen molar-refractivity contribution >= 4 is 5.82 Å². The molecule has 6 heteroatoms. The van der Waals surface area contributed by atoms with Gasteiger partial charge in [0, 0.05) is 17.2 Å². The average molecular weight is 258 g/mol. The summed E-state index contributed by atoms with van der Waals surface area (Å²) in [6, 6.07) is 0. The Morgan fingerprint density at radius 3 is 2.53 bits per heavy atom. The maximum absolute atomic E-state index is 5.57. The maximum Gasteiger partial charge on any atom is 0.148 e. The fourth-order valence-corrected chi connectivity index (χ4v) is 2.13. The number of imidazole rings is 1. The second kappa shape index (κ2) is 4.31. The van der Waals surface area contributed by atoms with Gasteiger partial charge in [-0.2, -0.15) is 0 Å². The summed E-state index contributed by atoms with van der Waals surface area (Å²) in [5.41, 5.74) is 5.70. The van der Waals surface area contributed by atoms with Crippen LogP contribution in [0.5, 0.6) is 0 Å². The predicted octanol–water partition coefficient (Wildman–Crippen LogP) is 1.75. The van der Waals surface area contributed by atoms with E-state index in [-0.39, 0.29) is 0 Å². The number of nitrogens with zero attached hydrogens (tertiary/aromatic N) is 4. The number of hydrogen-bond acceptors (Lipinski definition) is 5. The van der Waals surface area contributed by atoms with Crippen molar-refractivity contribution in [3.8, 4) is 5.82 Å². The van der Waals surface area contributed by atoms with Crippen LogP contribution in [0.25, 0.3) is 5.82 Å². The van der Waals surface area contributed by atoms with Gasteiger partial charge < -0.3 is 5.43 Å². The second-order valence-corrected chi connectivity index (χ2v) is 5.08. The van der Waals surface area contributed by atoms with Crippen LogP contribution < -0.4 is 11.3 Å². The number of nitrogen functional groups attached to an aromatic ring is 1. The highest BCUT2D eigenvalue weighted by Crippen LogP contribution is 2.39. The van der Waals surface area contributed by atoms with Crippen LogP contribution in [0.15, 0.2) is 6.33 Å². The number of nitrogens with one attached hydrogen (secondary N) is 1. The summed E-state index contributed by atoms with van der Waals surface area (Å²) >= 11 is 0. The van der Waals surface area contributed by atoms with Crippen molar-refractivity contribution in [2.24, 2.45) is 5.84 Å². The van der Waals surface area contributed by atoms with Crippen molar-refractivity contribution in [1.29, 1.82) is 0 Å². The van der Waals surface area contributed by atoms with Gasteiger partial charge in [0.25, 0.3) is 0 Å². The lowest BCUT2D eigenvalue weighted by molar-refractivity contribution is 0.853. The number of rotatable bonds is 3. The molecule has 1 aliphatic rings. The molecule has 2 heterocycles. The van der Waals surface area contributed by atoms with Gasteiger partial charge in [-0.15, -0.1) is 0 Å². The van der Waals surface area contributed by atoms with Crippen molar-refractivity contribution in [3.63, 3.8) is 0 Å². The summed E-state index contributed by atoms with van der Waals surface area (Å²) in [4.78, 5) is 13.5. The van der Waals surface area contributed by atoms with Gasteiger partial charge >= 0.3 is 0 Å². The molecule has 0 aromatic carbocycles. The lowest BCUT2D eigenvalue weighted by Crippen LogP contribution is -2.15. The number of hydrogen-bond donors (Lipinski definition) is 2. The van der Waals surface area contributed by atoms with Gasteiger partial charge in [0.05, 0.1) is 5.69 Å². The van der Waals surface area contributed by atoms with Gasteiger partial charge in [0.15, 0.2) is 0 Å². The molecule has 0 unspecified atom stereocenters. The Morgan fingerprint density at radius 2 is 2.00 bits per heavy atom. The van der Waals surface area contributed by atoms with E-state index in [9.17, 15) is 0 Å². The first kappa shape index (κ1) is 12.1. The summed E-state index contributed by atoms with van der Waals surface area (Å²) in [6.07, 6.45) is 4.12. The molecule has 0 saturated heterocycles. The molecule has 0 amide bonds. The van der Waals surface area contributed by atoms with Crippen molar-refractivity contribution in [2.45, 2.75) is 39.5 Å². The van der Waals surface area contributed by atoms with Gasteiger partial charge in [0.1, 0.15) is 23.8 Å². The molecule has 3 N–H and O–H groups in total. The van der Waals surface area contributed by atoms with Crippen LogP contribution in [0.1, 0.15) is 41.5 Å². The molecule has 1 aliphatic carbocycles. The van der Waals surface area contributed by atoms with Crippen LogP contribution in [0, 0.1) is 20.8 Å². The summed E-state index contributed by atoms with van der Waals surface area (Å²) in [7, 11) is 0. The van der Waals surface area contributed by atoms with E-state index < -0.39 is 0 Å². The number of aromatic nitrogens is 4. The third kappa shape index (κ3) is 1.98. The lowest BCUT2D eigenvalue weighted by atomic mass is 10.2. The fraction of sp³-hybridized carbons (Fsp3) is 0.462. The molecule has 1 saturated carbocycles. The third-order valence-corrected chi connectivity index (χ3v) is 3.70. The summed E-state index contributed by atoms with van der Waals surface area (Å²) in [5, 5.41) is 0. The van der Waals surface area contributed by atoms with E-state index in [2.05, 4.69) is 15.4 Å². The number of aryl methyl sites for hydroxylation is 1. The molecule has 0 spiro atoms. The Kier molecular flexibility index (Phi) is 2.74. The zero-order valence-electron chi connectivity index (χ0n) is 11.4. The van der Waals surface area contributed by atoms with Crippen molar-refractivity contribution in [2.75, 3.05) is 5.43 Å². The van der Waals surface area contributed by atoms with E-state index in [4.69, 9.17) is 10.8 Å². The van der Waals surface area contributed by atoms with Crippen LogP contribution in [0.3, 0.4) is 0 Å². The monoisotopic (exact) mass is 258 g/mol. The van der Waals surface area contributed by atoms with Crippen molar-refractivity contribution < 1.29 is 0 Å². The molecular formula is C13H18N6. The van der Waals surface area contributed by atoms with Gasteiger partial charge in [0.2, 0.25) is 0 Å². The van der Waals surface area contributed by atoms with E-state index in [0.29, 0.717) is 11.7 Å². The fourth-order valence-electron chi connectivity index (χ4n) is 2.13. The Hall–Kier alpha value is -1.95. The van der Waals surface area contributed by atoms with Gasteiger partial charge in [-0.25, -0.2) is 20.8 Å². The zero-order valence-corrected chi connectivity index (χ0v) is 11.4. The molecule has 0 bridgehead atoms. The quantitative estimate of drug-likeness (QED) is 0.647. The Balaban J connectivity index is 2.18. The molecule has 6 nitrogen and oxygen atoms in total. The smallest absolute Gasteiger partial charge is 0.148 e. The van der Waals surface area contributed by atoms with E-state index in [0.717, 1.165) is 41.4 Å². The molecule has 3 rings (SSSR count). The molecule has 1 fully saturated rings. The standard InChI is InChI=1S/C13H18N6/c1-7-11(18-14)16-12(10-4-5-10)17-13(7)19-6-15-8(2)9(19)3/h6,10H,4-5,14H2,1-3H3,(H,16,17,18). The van der Waals surface area contributed by atoms with Crippen LogP contribution >= 0.6 is 0 Å². The van der Waals surface area contributed by atoms with Crippen LogP contribution in [-0.4, -0.2) is 19.5 Å². The molecule has 0 atom stereocenters. The minimum Gasteiger partial charge on any atom is -0.308 e. The molecule has 2 aromatic rings. The lowest BCUT2D eigenvalue weighted by Gasteiger charge is -2.13. The largest absolute Gasteiger partial charge is 0.308 e. The van der Waals surface area contributed by atoms with Crippen LogP contribution in [-0.2, 0) is 0 Å².